The minimum Gasteiger partial charge on any atom is -0.462 e. The number of pyridine rings is 1. The first kappa shape index (κ1) is 17.9. The molecule has 0 radical (unpaired) electrons. The predicted octanol–water partition coefficient (Wildman–Crippen LogP) is 2.36. The van der Waals surface area contributed by atoms with Crippen LogP contribution >= 0.6 is 0 Å². The number of anilines is 1. The fourth-order valence-corrected chi connectivity index (χ4v) is 1.62. The molecule has 0 aliphatic rings. The number of aromatic nitrogens is 1. The fraction of sp³-hybridized carbons (Fsp3) is 0.562. The molecule has 1 N–H and O–H groups in total. The quantitative estimate of drug-likeness (QED) is 0.557. The van der Waals surface area contributed by atoms with E-state index in [1.807, 2.05) is 6.07 Å². The number of nitrogens with one attached hydrogen (secondary N) is 1. The van der Waals surface area contributed by atoms with E-state index >= 15 is 0 Å². The predicted molar refractivity (Wildman–Crippen MR) is 83.3 cm³/mol. The molecule has 1 heterocycles. The Morgan fingerprint density at radius 2 is 2.18 bits per heavy atom. The Hall–Kier alpha value is -2.13. The summed E-state index contributed by atoms with van der Waals surface area (Å²) >= 11 is 0. The molecule has 0 aliphatic carbocycles. The Bertz CT molecular complexity index is 512. The van der Waals surface area contributed by atoms with Crippen molar-refractivity contribution in [2.24, 2.45) is 5.92 Å². The molecule has 0 spiro atoms. The van der Waals surface area contributed by atoms with Gasteiger partial charge in [0, 0.05) is 12.8 Å². The van der Waals surface area contributed by atoms with Crippen LogP contribution in [0.2, 0.25) is 0 Å². The molecule has 0 saturated heterocycles. The van der Waals surface area contributed by atoms with Crippen LogP contribution in [-0.4, -0.2) is 36.8 Å². The second-order valence-corrected chi connectivity index (χ2v) is 5.30. The average Bonchev–Trinajstić information content (AvgIpc) is 2.51. The van der Waals surface area contributed by atoms with Gasteiger partial charge in [-0.15, -0.1) is 0 Å². The highest BCUT2D eigenvalue weighted by Crippen LogP contribution is 2.08. The molecule has 120 valence electrons. The van der Waals surface area contributed by atoms with Crippen molar-refractivity contribution in [3.05, 3.63) is 23.9 Å². The lowest BCUT2D eigenvalue weighted by Crippen LogP contribution is -2.26. The zero-order valence-corrected chi connectivity index (χ0v) is 13.3. The fourth-order valence-electron chi connectivity index (χ4n) is 1.62. The summed E-state index contributed by atoms with van der Waals surface area (Å²) in [5, 5.41) is 11.9. The topological polar surface area (TPSA) is 84.2 Å². The number of esters is 1. The average molecular weight is 305 g/mol. The largest absolute Gasteiger partial charge is 0.462 e. The van der Waals surface area contributed by atoms with Crippen LogP contribution in [0.5, 0.6) is 0 Å². The van der Waals surface area contributed by atoms with Gasteiger partial charge in [-0.05, 0) is 31.4 Å². The van der Waals surface area contributed by atoms with Crippen LogP contribution < -0.4 is 5.32 Å². The number of carbonyl (C=O) groups is 1. The normalized spacial score (nSPS) is 11.8. The molecule has 0 aliphatic heterocycles. The maximum absolute atomic E-state index is 11.7. The van der Waals surface area contributed by atoms with Crippen LogP contribution in [-0.2, 0) is 14.3 Å². The lowest BCUT2D eigenvalue weighted by atomic mass is 10.1. The van der Waals surface area contributed by atoms with Crippen molar-refractivity contribution in [3.8, 4) is 6.07 Å². The van der Waals surface area contributed by atoms with Crippen molar-refractivity contribution in [3.63, 3.8) is 0 Å². The molecular formula is C16H23N3O3. The summed E-state index contributed by atoms with van der Waals surface area (Å²) < 4.78 is 10.5. The first-order valence-corrected chi connectivity index (χ1v) is 7.41. The summed E-state index contributed by atoms with van der Waals surface area (Å²) in [7, 11) is 0. The molecule has 1 aromatic heterocycles. The van der Waals surface area contributed by atoms with Gasteiger partial charge in [-0.2, -0.15) is 5.26 Å². The van der Waals surface area contributed by atoms with E-state index in [2.05, 4.69) is 24.1 Å². The maximum atomic E-state index is 11.7. The third kappa shape index (κ3) is 6.55. The molecule has 0 aromatic carbocycles. The van der Waals surface area contributed by atoms with E-state index in [4.69, 9.17) is 14.7 Å². The first-order chi connectivity index (χ1) is 10.5. The van der Waals surface area contributed by atoms with Gasteiger partial charge in [-0.1, -0.05) is 13.8 Å². The first-order valence-electron chi connectivity index (χ1n) is 7.41. The van der Waals surface area contributed by atoms with E-state index in [9.17, 15) is 4.79 Å². The standard InChI is InChI=1S/C16H23N3O3/c1-12(2)6-9-21-13(3)16(20)22-10-8-19-15-14(11-17)5-4-7-18-15/h4-5,7,12-13H,6,8-10H2,1-3H3,(H,18,19). The highest BCUT2D eigenvalue weighted by Gasteiger charge is 2.14. The Morgan fingerprint density at radius 1 is 1.41 bits per heavy atom. The Balaban J connectivity index is 2.23. The molecule has 0 bridgehead atoms. The van der Waals surface area contributed by atoms with E-state index in [-0.39, 0.29) is 12.6 Å². The van der Waals surface area contributed by atoms with E-state index in [1.165, 1.54) is 0 Å². The van der Waals surface area contributed by atoms with Gasteiger partial charge in [0.15, 0.2) is 6.10 Å². The lowest BCUT2D eigenvalue weighted by Gasteiger charge is -2.14. The van der Waals surface area contributed by atoms with Crippen molar-refractivity contribution in [2.45, 2.75) is 33.3 Å². The van der Waals surface area contributed by atoms with Crippen LogP contribution in [0.25, 0.3) is 0 Å². The molecule has 1 aromatic rings. The summed E-state index contributed by atoms with van der Waals surface area (Å²) in [6.07, 6.45) is 1.94. The Labute approximate surface area is 131 Å². The summed E-state index contributed by atoms with van der Waals surface area (Å²) in [4.78, 5) is 15.8. The molecule has 1 unspecified atom stereocenters. The van der Waals surface area contributed by atoms with E-state index in [0.29, 0.717) is 30.5 Å². The summed E-state index contributed by atoms with van der Waals surface area (Å²) in [6.45, 7) is 7.01. The van der Waals surface area contributed by atoms with Crippen LogP contribution in [0.1, 0.15) is 32.8 Å². The van der Waals surface area contributed by atoms with E-state index < -0.39 is 6.10 Å². The van der Waals surface area contributed by atoms with Crippen molar-refractivity contribution >= 4 is 11.8 Å². The van der Waals surface area contributed by atoms with Crippen molar-refractivity contribution in [1.82, 2.24) is 4.98 Å². The zero-order chi connectivity index (χ0) is 16.4. The smallest absolute Gasteiger partial charge is 0.335 e. The Morgan fingerprint density at radius 3 is 2.86 bits per heavy atom. The molecule has 1 atom stereocenters. The van der Waals surface area contributed by atoms with Gasteiger partial charge in [0.1, 0.15) is 18.5 Å². The molecule has 0 amide bonds. The third-order valence-electron chi connectivity index (χ3n) is 2.96. The summed E-state index contributed by atoms with van der Waals surface area (Å²) in [6, 6.07) is 5.41. The van der Waals surface area contributed by atoms with Crippen LogP contribution in [0.3, 0.4) is 0 Å². The minimum atomic E-state index is -0.566. The molecule has 6 heteroatoms. The van der Waals surface area contributed by atoms with Crippen molar-refractivity contribution in [2.75, 3.05) is 25.1 Å². The maximum Gasteiger partial charge on any atom is 0.335 e. The van der Waals surface area contributed by atoms with Gasteiger partial charge in [0.2, 0.25) is 0 Å². The van der Waals surface area contributed by atoms with Gasteiger partial charge < -0.3 is 14.8 Å². The molecule has 6 nitrogen and oxygen atoms in total. The van der Waals surface area contributed by atoms with E-state index in [1.54, 1.807) is 25.3 Å². The molecular weight excluding hydrogens is 282 g/mol. The van der Waals surface area contributed by atoms with Gasteiger partial charge in [0.05, 0.1) is 12.1 Å². The number of nitrogens with zero attached hydrogens (tertiary/aromatic N) is 2. The zero-order valence-electron chi connectivity index (χ0n) is 13.3. The highest BCUT2D eigenvalue weighted by atomic mass is 16.6. The molecule has 22 heavy (non-hydrogen) atoms. The third-order valence-corrected chi connectivity index (χ3v) is 2.96. The Kier molecular flexibility index (Phi) is 7.94. The molecule has 0 fully saturated rings. The number of ether oxygens (including phenoxy) is 2. The van der Waals surface area contributed by atoms with E-state index in [0.717, 1.165) is 6.42 Å². The molecule has 1 rings (SSSR count). The van der Waals surface area contributed by atoms with Gasteiger partial charge in [-0.3, -0.25) is 0 Å². The summed E-state index contributed by atoms with van der Waals surface area (Å²) in [5.41, 5.74) is 0.458. The van der Waals surface area contributed by atoms with Gasteiger partial charge in [0.25, 0.3) is 0 Å². The number of hydrogen-bond acceptors (Lipinski definition) is 6. The number of hydrogen-bond donors (Lipinski definition) is 1. The molecule has 0 saturated carbocycles. The van der Waals surface area contributed by atoms with Crippen LogP contribution in [0, 0.1) is 17.2 Å². The van der Waals surface area contributed by atoms with Crippen molar-refractivity contribution in [1.29, 1.82) is 5.26 Å². The number of rotatable bonds is 9. The monoisotopic (exact) mass is 305 g/mol. The van der Waals surface area contributed by atoms with Gasteiger partial charge in [-0.25, -0.2) is 9.78 Å². The summed E-state index contributed by atoms with van der Waals surface area (Å²) in [5.74, 6) is 0.648. The number of carbonyl (C=O) groups excluding carboxylic acids is 1. The number of nitriles is 1. The highest BCUT2D eigenvalue weighted by molar-refractivity contribution is 5.74. The van der Waals surface area contributed by atoms with Gasteiger partial charge >= 0.3 is 5.97 Å². The van der Waals surface area contributed by atoms with Crippen molar-refractivity contribution < 1.29 is 14.3 Å². The van der Waals surface area contributed by atoms with Crippen LogP contribution in [0.15, 0.2) is 18.3 Å². The second kappa shape index (κ2) is 9.74. The minimum absolute atomic E-state index is 0.193. The second-order valence-electron chi connectivity index (χ2n) is 5.30. The SMILES string of the molecule is CC(C)CCOC(C)C(=O)OCCNc1ncccc1C#N. The van der Waals surface area contributed by atoms with Crippen LogP contribution in [0.4, 0.5) is 5.82 Å². The lowest BCUT2D eigenvalue weighted by molar-refractivity contribution is -0.155.